The van der Waals surface area contributed by atoms with Crippen LogP contribution in [0.2, 0.25) is 0 Å². The molecule has 1 aliphatic heterocycles. The second kappa shape index (κ2) is 17.0. The largest absolute Gasteiger partial charge is 0.444 e. The molecule has 1 saturated carbocycles. The Labute approximate surface area is 322 Å². The van der Waals surface area contributed by atoms with E-state index >= 15 is 0 Å². The molecule has 0 spiro atoms. The number of nitrogens with zero attached hydrogens (tertiary/aromatic N) is 5. The molecule has 294 valence electrons. The van der Waals surface area contributed by atoms with Gasteiger partial charge in [0.05, 0.1) is 23.3 Å². The summed E-state index contributed by atoms with van der Waals surface area (Å²) in [6.07, 6.45) is 4.02. The van der Waals surface area contributed by atoms with Crippen LogP contribution in [-0.4, -0.2) is 80.7 Å². The van der Waals surface area contributed by atoms with Crippen LogP contribution >= 0.6 is 0 Å². The molecule has 2 fully saturated rings. The fourth-order valence-corrected chi connectivity index (χ4v) is 7.95. The molecule has 0 unspecified atom stereocenters. The quantitative estimate of drug-likeness (QED) is 0.190. The number of likely N-dealkylation sites (N-methyl/N-ethyl adjacent to an activating group) is 1. The van der Waals surface area contributed by atoms with Crippen molar-refractivity contribution < 1.29 is 18.7 Å². The highest BCUT2D eigenvalue weighted by atomic mass is 19.1. The zero-order valence-electron chi connectivity index (χ0n) is 33.0. The van der Waals surface area contributed by atoms with Crippen molar-refractivity contribution >= 4 is 22.9 Å². The highest BCUT2D eigenvalue weighted by molar-refractivity contribution is 5.88. The second-order valence-electron chi connectivity index (χ2n) is 16.7. The molecule has 11 nitrogen and oxygen atoms in total. The molecule has 0 bridgehead atoms. The first-order valence-corrected chi connectivity index (χ1v) is 19.6. The normalized spacial score (nSPS) is 19.3. The van der Waals surface area contributed by atoms with Crippen molar-refractivity contribution in [2.75, 3.05) is 33.2 Å². The van der Waals surface area contributed by atoms with E-state index in [0.29, 0.717) is 31.4 Å². The maximum atomic E-state index is 14.6. The van der Waals surface area contributed by atoms with E-state index in [1.807, 2.05) is 32.0 Å². The predicted octanol–water partition coefficient (Wildman–Crippen LogP) is 6.73. The topological polar surface area (TPSA) is 119 Å². The van der Waals surface area contributed by atoms with E-state index in [1.54, 1.807) is 26.8 Å². The van der Waals surface area contributed by atoms with E-state index < -0.39 is 40.8 Å². The number of benzene rings is 2. The highest BCUT2D eigenvalue weighted by Crippen LogP contribution is 2.34. The standard InChI is InChI=1S/C43H55FN6O5/c1-28(2)38(46-41(53)55-43(3,4)5)37(51)23-29-13-17-34(18-14-29)50-40(52)36-25-33(44)26-45-39(36)49(42(50)54)35-10-7-9-32(24-35)31-15-11-30(12-16-31)27-48-20-8-19-47(6)21-22-48/h7,9-12,15-16,24-26,28-29,34,38H,8,13-14,17-23,27H2,1-6H3,(H,46,53)/t29?,34?,38-/m1/s1. The van der Waals surface area contributed by atoms with Crippen LogP contribution in [0.3, 0.4) is 0 Å². The number of nitrogens with one attached hydrogen (secondary N) is 1. The number of hydrogen-bond acceptors (Lipinski definition) is 8. The Kier molecular flexibility index (Phi) is 12.4. The molecule has 4 aromatic rings. The van der Waals surface area contributed by atoms with E-state index in [2.05, 4.69) is 51.4 Å². The number of amides is 1. The van der Waals surface area contributed by atoms with Crippen LogP contribution in [0.15, 0.2) is 70.4 Å². The van der Waals surface area contributed by atoms with Crippen molar-refractivity contribution in [1.29, 1.82) is 0 Å². The van der Waals surface area contributed by atoms with Crippen molar-refractivity contribution in [2.24, 2.45) is 11.8 Å². The third-order valence-corrected chi connectivity index (χ3v) is 10.9. The van der Waals surface area contributed by atoms with Crippen molar-refractivity contribution in [3.63, 3.8) is 0 Å². The first-order chi connectivity index (χ1) is 26.2. The molecule has 3 heterocycles. The van der Waals surface area contributed by atoms with Crippen molar-refractivity contribution in [1.82, 2.24) is 29.2 Å². The number of pyridine rings is 1. The fraction of sp³-hybridized carbons (Fsp3) is 0.512. The van der Waals surface area contributed by atoms with E-state index in [9.17, 15) is 23.6 Å². The number of aromatic nitrogens is 3. The summed E-state index contributed by atoms with van der Waals surface area (Å²) in [5.41, 5.74) is 1.94. The van der Waals surface area contributed by atoms with Crippen molar-refractivity contribution in [3.05, 3.63) is 93.0 Å². The van der Waals surface area contributed by atoms with Gasteiger partial charge in [-0.2, -0.15) is 0 Å². The van der Waals surface area contributed by atoms with E-state index in [-0.39, 0.29) is 35.1 Å². The van der Waals surface area contributed by atoms with Gasteiger partial charge in [0.15, 0.2) is 11.4 Å². The molecule has 2 aromatic carbocycles. The van der Waals surface area contributed by atoms with Crippen LogP contribution in [0.4, 0.5) is 9.18 Å². The van der Waals surface area contributed by atoms with Gasteiger partial charge in [0.2, 0.25) is 0 Å². The Hall–Kier alpha value is -4.68. The molecule has 1 N–H and O–H groups in total. The Balaban J connectivity index is 1.22. The van der Waals surface area contributed by atoms with Crippen LogP contribution in [0.1, 0.15) is 84.7 Å². The van der Waals surface area contributed by atoms with E-state index in [4.69, 9.17) is 4.74 Å². The zero-order chi connectivity index (χ0) is 39.4. The first kappa shape index (κ1) is 40.0. The number of carbonyl (C=O) groups excluding carboxylic acids is 2. The van der Waals surface area contributed by atoms with Gasteiger partial charge in [-0.3, -0.25) is 19.1 Å². The number of ketones is 1. The Morgan fingerprint density at radius 1 is 0.945 bits per heavy atom. The summed E-state index contributed by atoms with van der Waals surface area (Å²) in [7, 11) is 2.17. The third kappa shape index (κ3) is 9.77. The summed E-state index contributed by atoms with van der Waals surface area (Å²) < 4.78 is 22.7. The van der Waals surface area contributed by atoms with Gasteiger partial charge in [0.1, 0.15) is 11.4 Å². The molecule has 1 aliphatic carbocycles. The lowest BCUT2D eigenvalue weighted by Crippen LogP contribution is -2.47. The molecular formula is C43H55FN6O5. The summed E-state index contributed by atoms with van der Waals surface area (Å²) in [5.74, 6) is -0.841. The lowest BCUT2D eigenvalue weighted by atomic mass is 9.81. The minimum Gasteiger partial charge on any atom is -0.444 e. The number of Topliss-reactive ketones (excluding diaryl/α,β-unsaturated/α-hetero) is 1. The molecule has 1 saturated heterocycles. The second-order valence-corrected chi connectivity index (χ2v) is 16.7. The van der Waals surface area contributed by atoms with E-state index in [0.717, 1.165) is 62.5 Å². The number of carbonyl (C=O) groups is 2. The van der Waals surface area contributed by atoms with Gasteiger partial charge in [0.25, 0.3) is 5.56 Å². The van der Waals surface area contributed by atoms with Crippen molar-refractivity contribution in [2.45, 2.75) is 97.4 Å². The fourth-order valence-electron chi connectivity index (χ4n) is 7.95. The van der Waals surface area contributed by atoms with Gasteiger partial charge in [-0.15, -0.1) is 0 Å². The Bertz CT molecular complexity index is 2110. The smallest absolute Gasteiger partial charge is 0.408 e. The monoisotopic (exact) mass is 754 g/mol. The number of halogens is 1. The van der Waals surface area contributed by atoms with Gasteiger partial charge in [0, 0.05) is 32.1 Å². The molecule has 2 aromatic heterocycles. The number of ether oxygens (including phenoxy) is 1. The minimum atomic E-state index is -0.689. The van der Waals surface area contributed by atoms with Gasteiger partial charge < -0.3 is 15.0 Å². The van der Waals surface area contributed by atoms with Crippen LogP contribution in [-0.2, 0) is 16.1 Å². The lowest BCUT2D eigenvalue weighted by molar-refractivity contribution is -0.123. The Morgan fingerprint density at radius 2 is 1.67 bits per heavy atom. The van der Waals surface area contributed by atoms with Crippen molar-refractivity contribution in [3.8, 4) is 16.8 Å². The predicted molar refractivity (Wildman–Crippen MR) is 213 cm³/mol. The first-order valence-electron chi connectivity index (χ1n) is 19.6. The SMILES string of the molecule is CC(C)[C@@H](NC(=O)OC(C)(C)C)C(=O)CC1CCC(n2c(=O)c3cc(F)cnc3n(-c3cccc(-c4ccc(CN5CCCN(C)CC5)cc4)c3)c2=O)CC1. The molecule has 6 rings (SSSR count). The number of fused-ring (bicyclic) bond motifs is 1. The van der Waals surface area contributed by atoms with Gasteiger partial charge >= 0.3 is 11.8 Å². The maximum absolute atomic E-state index is 14.6. The highest BCUT2D eigenvalue weighted by Gasteiger charge is 2.32. The molecule has 55 heavy (non-hydrogen) atoms. The Morgan fingerprint density at radius 3 is 2.36 bits per heavy atom. The molecule has 2 aliphatic rings. The van der Waals surface area contributed by atoms with Gasteiger partial charge in [-0.25, -0.2) is 23.5 Å². The van der Waals surface area contributed by atoms with E-state index in [1.165, 1.54) is 14.7 Å². The molecule has 1 amide bonds. The molecule has 0 radical (unpaired) electrons. The average molecular weight is 755 g/mol. The average Bonchev–Trinajstić information content (AvgIpc) is 3.34. The van der Waals surface area contributed by atoms with Crippen LogP contribution in [0, 0.1) is 17.7 Å². The van der Waals surface area contributed by atoms with Gasteiger partial charge in [-0.1, -0.05) is 50.2 Å². The minimum absolute atomic E-state index is 0.0251. The van der Waals surface area contributed by atoms with Crippen LogP contribution < -0.4 is 16.6 Å². The summed E-state index contributed by atoms with van der Waals surface area (Å²) in [6.45, 7) is 14.3. The molecule has 1 atom stereocenters. The number of hydrogen-bond donors (Lipinski definition) is 1. The zero-order valence-corrected chi connectivity index (χ0v) is 33.0. The molecule has 12 heteroatoms. The lowest BCUT2D eigenvalue weighted by Gasteiger charge is -2.31. The summed E-state index contributed by atoms with van der Waals surface area (Å²) in [4.78, 5) is 63.4. The third-order valence-electron chi connectivity index (χ3n) is 10.9. The van der Waals surface area contributed by atoms with Gasteiger partial charge in [-0.05, 0) is 120 Å². The number of alkyl carbamates (subject to hydrolysis) is 1. The number of rotatable bonds is 10. The molecular weight excluding hydrogens is 700 g/mol. The summed E-state index contributed by atoms with van der Waals surface area (Å²) >= 11 is 0. The maximum Gasteiger partial charge on any atom is 0.408 e. The van der Waals surface area contributed by atoms with Crippen LogP contribution in [0.5, 0.6) is 0 Å². The summed E-state index contributed by atoms with van der Waals surface area (Å²) in [5, 5.41) is 2.78. The van der Waals surface area contributed by atoms with Crippen LogP contribution in [0.25, 0.3) is 27.8 Å². The summed E-state index contributed by atoms with van der Waals surface area (Å²) in [6, 6.07) is 16.0.